The van der Waals surface area contributed by atoms with Crippen LogP contribution in [0.1, 0.15) is 10.4 Å². The van der Waals surface area contributed by atoms with Gasteiger partial charge in [0.05, 0.1) is 25.5 Å². The molecule has 0 aliphatic rings. The van der Waals surface area contributed by atoms with Gasteiger partial charge in [-0.15, -0.1) is 11.3 Å². The molecule has 4 rings (SSSR count). The summed E-state index contributed by atoms with van der Waals surface area (Å²) < 4.78 is 29.1. The van der Waals surface area contributed by atoms with E-state index in [2.05, 4.69) is 15.5 Å². The molecule has 9 heteroatoms. The molecule has 2 heterocycles. The van der Waals surface area contributed by atoms with Crippen LogP contribution in [0.15, 0.2) is 58.4 Å². The summed E-state index contributed by atoms with van der Waals surface area (Å²) >= 11 is 1.34. The predicted octanol–water partition coefficient (Wildman–Crippen LogP) is 4.87. The molecular weight excluding hydrogens is 409 g/mol. The summed E-state index contributed by atoms with van der Waals surface area (Å²) in [4.78, 5) is 17.8. The average Bonchev–Trinajstić information content (AvgIpc) is 3.43. The van der Waals surface area contributed by atoms with Gasteiger partial charge in [0, 0.05) is 5.56 Å². The van der Waals surface area contributed by atoms with Gasteiger partial charge in [-0.1, -0.05) is 11.2 Å². The van der Waals surface area contributed by atoms with Crippen molar-refractivity contribution >= 4 is 22.9 Å². The standard InChI is InChI=1S/C21H16FN3O4S/c1-27-16-5-3-4-14(17(16)28-2)20(26)23-15-10-11-30-18(15)21-24-19(25-29-21)12-6-8-13(22)9-7-12/h3-11H,1-2H3,(H,23,26). The number of nitrogens with zero attached hydrogens (tertiary/aromatic N) is 2. The molecule has 1 amide bonds. The van der Waals surface area contributed by atoms with Gasteiger partial charge in [-0.25, -0.2) is 4.39 Å². The fourth-order valence-electron chi connectivity index (χ4n) is 2.86. The molecule has 0 aliphatic heterocycles. The van der Waals surface area contributed by atoms with Crippen molar-refractivity contribution in [1.29, 1.82) is 0 Å². The second-order valence-electron chi connectivity index (χ2n) is 6.09. The van der Waals surface area contributed by atoms with Crippen molar-refractivity contribution in [3.63, 3.8) is 0 Å². The van der Waals surface area contributed by atoms with E-state index in [4.69, 9.17) is 14.0 Å². The first-order chi connectivity index (χ1) is 14.6. The summed E-state index contributed by atoms with van der Waals surface area (Å²) in [6.07, 6.45) is 0. The molecule has 1 N–H and O–H groups in total. The van der Waals surface area contributed by atoms with Crippen LogP contribution in [-0.2, 0) is 0 Å². The Morgan fingerprint density at radius 3 is 2.63 bits per heavy atom. The molecule has 0 saturated heterocycles. The number of carbonyl (C=O) groups is 1. The molecule has 0 saturated carbocycles. The highest BCUT2D eigenvalue weighted by atomic mass is 32.1. The smallest absolute Gasteiger partial charge is 0.270 e. The molecule has 0 radical (unpaired) electrons. The Labute approximate surface area is 175 Å². The van der Waals surface area contributed by atoms with Gasteiger partial charge in [0.2, 0.25) is 5.82 Å². The van der Waals surface area contributed by atoms with E-state index in [1.165, 1.54) is 37.7 Å². The van der Waals surface area contributed by atoms with E-state index in [1.807, 2.05) is 0 Å². The maximum atomic E-state index is 13.1. The van der Waals surface area contributed by atoms with E-state index >= 15 is 0 Å². The van der Waals surface area contributed by atoms with Crippen molar-refractivity contribution in [2.75, 3.05) is 19.5 Å². The summed E-state index contributed by atoms with van der Waals surface area (Å²) in [5, 5.41) is 8.60. The largest absolute Gasteiger partial charge is 0.493 e. The molecule has 0 spiro atoms. The topological polar surface area (TPSA) is 86.5 Å². The number of thiophene rings is 1. The lowest BCUT2D eigenvalue weighted by molar-refractivity contribution is 0.102. The highest BCUT2D eigenvalue weighted by Crippen LogP contribution is 2.35. The summed E-state index contributed by atoms with van der Waals surface area (Å²) in [5.74, 6) is 0.645. The van der Waals surface area contributed by atoms with Crippen LogP contribution in [0, 0.1) is 5.82 Å². The van der Waals surface area contributed by atoms with Gasteiger partial charge in [0.1, 0.15) is 10.7 Å². The highest BCUT2D eigenvalue weighted by molar-refractivity contribution is 7.14. The van der Waals surface area contributed by atoms with Gasteiger partial charge in [0.25, 0.3) is 11.8 Å². The normalized spacial score (nSPS) is 10.6. The quantitative estimate of drug-likeness (QED) is 0.474. The Balaban J connectivity index is 1.60. The third-order valence-electron chi connectivity index (χ3n) is 4.28. The third kappa shape index (κ3) is 3.74. The van der Waals surface area contributed by atoms with Gasteiger partial charge >= 0.3 is 0 Å². The van der Waals surface area contributed by atoms with E-state index in [1.54, 1.807) is 41.8 Å². The first kappa shape index (κ1) is 19.6. The Bertz CT molecular complexity index is 1190. The summed E-state index contributed by atoms with van der Waals surface area (Å²) in [6.45, 7) is 0. The second kappa shape index (κ2) is 8.34. The number of aromatic nitrogens is 2. The van der Waals surface area contributed by atoms with Gasteiger partial charge in [-0.2, -0.15) is 4.98 Å². The van der Waals surface area contributed by atoms with Gasteiger partial charge in [0.15, 0.2) is 11.5 Å². The number of rotatable bonds is 6. The lowest BCUT2D eigenvalue weighted by atomic mass is 10.1. The number of hydrogen-bond acceptors (Lipinski definition) is 7. The molecular formula is C21H16FN3O4S. The molecule has 30 heavy (non-hydrogen) atoms. The SMILES string of the molecule is COc1cccc(C(=O)Nc2ccsc2-c2nc(-c3ccc(F)cc3)no2)c1OC. The Hall–Kier alpha value is -3.72. The number of amides is 1. The Morgan fingerprint density at radius 1 is 1.10 bits per heavy atom. The molecule has 2 aromatic heterocycles. The molecule has 4 aromatic rings. The van der Waals surface area contributed by atoms with Crippen molar-refractivity contribution in [3.05, 3.63) is 65.3 Å². The average molecular weight is 425 g/mol. The van der Waals surface area contributed by atoms with Crippen LogP contribution >= 0.6 is 11.3 Å². The van der Waals surface area contributed by atoms with Crippen molar-refractivity contribution in [2.24, 2.45) is 0 Å². The molecule has 0 bridgehead atoms. The van der Waals surface area contributed by atoms with Crippen LogP contribution in [0.25, 0.3) is 22.2 Å². The number of carbonyl (C=O) groups excluding carboxylic acids is 1. The maximum Gasteiger partial charge on any atom is 0.270 e. The van der Waals surface area contributed by atoms with E-state index in [-0.39, 0.29) is 17.6 Å². The first-order valence-electron chi connectivity index (χ1n) is 8.80. The zero-order valence-electron chi connectivity index (χ0n) is 16.0. The zero-order valence-corrected chi connectivity index (χ0v) is 16.8. The molecule has 0 unspecified atom stereocenters. The predicted molar refractivity (Wildman–Crippen MR) is 111 cm³/mol. The fraction of sp³-hybridized carbons (Fsp3) is 0.0952. The number of benzene rings is 2. The molecule has 2 aromatic carbocycles. The van der Waals surface area contributed by atoms with Crippen LogP contribution in [0.3, 0.4) is 0 Å². The molecule has 152 valence electrons. The Kier molecular flexibility index (Phi) is 5.44. The van der Waals surface area contributed by atoms with E-state index < -0.39 is 0 Å². The minimum atomic E-state index is -0.372. The lowest BCUT2D eigenvalue weighted by Crippen LogP contribution is -2.13. The van der Waals surface area contributed by atoms with E-state index in [9.17, 15) is 9.18 Å². The van der Waals surface area contributed by atoms with E-state index in [0.29, 0.717) is 39.0 Å². The number of anilines is 1. The second-order valence-corrected chi connectivity index (χ2v) is 7.00. The van der Waals surface area contributed by atoms with Crippen molar-refractivity contribution in [3.8, 4) is 33.7 Å². The van der Waals surface area contributed by atoms with Crippen LogP contribution < -0.4 is 14.8 Å². The van der Waals surface area contributed by atoms with Gasteiger partial charge in [-0.05, 0) is 47.8 Å². The monoisotopic (exact) mass is 425 g/mol. The number of para-hydroxylation sites is 1. The van der Waals surface area contributed by atoms with Gasteiger partial charge in [-0.3, -0.25) is 4.79 Å². The summed E-state index contributed by atoms with van der Waals surface area (Å²) in [5.41, 5.74) is 1.46. The number of halogens is 1. The third-order valence-corrected chi connectivity index (χ3v) is 5.19. The fourth-order valence-corrected chi connectivity index (χ4v) is 3.63. The zero-order chi connectivity index (χ0) is 21.1. The Morgan fingerprint density at radius 2 is 1.90 bits per heavy atom. The summed E-state index contributed by atoms with van der Waals surface area (Å²) in [6, 6.07) is 12.6. The highest BCUT2D eigenvalue weighted by Gasteiger charge is 2.21. The molecule has 0 aliphatic carbocycles. The number of nitrogens with one attached hydrogen (secondary N) is 1. The molecule has 7 nitrogen and oxygen atoms in total. The van der Waals surface area contributed by atoms with Crippen molar-refractivity contribution in [1.82, 2.24) is 10.1 Å². The lowest BCUT2D eigenvalue weighted by Gasteiger charge is -2.12. The van der Waals surface area contributed by atoms with Crippen LogP contribution in [0.2, 0.25) is 0 Å². The molecule has 0 fully saturated rings. The summed E-state index contributed by atoms with van der Waals surface area (Å²) in [7, 11) is 2.98. The number of methoxy groups -OCH3 is 2. The first-order valence-corrected chi connectivity index (χ1v) is 9.68. The van der Waals surface area contributed by atoms with E-state index in [0.717, 1.165) is 0 Å². The minimum absolute atomic E-state index is 0.247. The van der Waals surface area contributed by atoms with Crippen molar-refractivity contribution in [2.45, 2.75) is 0 Å². The van der Waals surface area contributed by atoms with Crippen LogP contribution in [-0.4, -0.2) is 30.3 Å². The van der Waals surface area contributed by atoms with Crippen LogP contribution in [0.5, 0.6) is 11.5 Å². The van der Waals surface area contributed by atoms with Crippen molar-refractivity contribution < 1.29 is 23.2 Å². The number of ether oxygens (including phenoxy) is 2. The van der Waals surface area contributed by atoms with Crippen LogP contribution in [0.4, 0.5) is 10.1 Å². The van der Waals surface area contributed by atoms with Gasteiger partial charge < -0.3 is 19.3 Å². The number of hydrogen-bond donors (Lipinski definition) is 1. The molecule has 0 atom stereocenters. The minimum Gasteiger partial charge on any atom is -0.493 e. The maximum absolute atomic E-state index is 13.1.